The van der Waals surface area contributed by atoms with Crippen LogP contribution in [0.4, 0.5) is 0 Å². The summed E-state index contributed by atoms with van der Waals surface area (Å²) in [5.74, 6) is -0.415. The van der Waals surface area contributed by atoms with E-state index in [2.05, 4.69) is 10.1 Å². The van der Waals surface area contributed by atoms with Crippen LogP contribution in [0.3, 0.4) is 0 Å². The summed E-state index contributed by atoms with van der Waals surface area (Å²) in [6.45, 7) is 0.738. The van der Waals surface area contributed by atoms with E-state index in [4.69, 9.17) is 19.4 Å². The Morgan fingerprint density at radius 1 is 1.03 bits per heavy atom. The number of benzene rings is 2. The molecule has 0 spiro atoms. The fraction of sp³-hybridized carbons (Fsp3) is 0.167. The molecule has 170 valence electrons. The van der Waals surface area contributed by atoms with E-state index in [-0.39, 0.29) is 5.56 Å². The molecule has 0 fully saturated rings. The molecule has 0 amide bonds. The van der Waals surface area contributed by atoms with Crippen molar-refractivity contribution >= 4 is 45.4 Å². The second kappa shape index (κ2) is 8.83. The Hall–Kier alpha value is -4.44. The molecule has 2 aromatic carbocycles. The average Bonchev–Trinajstić information content (AvgIpc) is 3.18. The van der Waals surface area contributed by atoms with E-state index in [0.29, 0.717) is 51.9 Å². The Kier molecular flexibility index (Phi) is 5.56. The topological polar surface area (TPSA) is 113 Å². The van der Waals surface area contributed by atoms with E-state index in [9.17, 15) is 9.59 Å². The normalized spacial score (nSPS) is 11.7. The molecule has 3 aromatic heterocycles. The summed E-state index contributed by atoms with van der Waals surface area (Å²) in [7, 11) is 2.91. The summed E-state index contributed by atoms with van der Waals surface area (Å²) in [5, 5.41) is 4.90. The molecule has 0 atom stereocenters. The lowest BCUT2D eigenvalue weighted by molar-refractivity contribution is 0.0600. The van der Waals surface area contributed by atoms with Gasteiger partial charge in [0.15, 0.2) is 11.3 Å². The first-order valence-electron chi connectivity index (χ1n) is 10.5. The minimum absolute atomic E-state index is 0.243. The highest BCUT2D eigenvalue weighted by Crippen LogP contribution is 2.24. The van der Waals surface area contributed by atoms with Crippen LogP contribution >= 0.6 is 0 Å². The fourth-order valence-corrected chi connectivity index (χ4v) is 3.66. The quantitative estimate of drug-likeness (QED) is 0.285. The largest absolute Gasteiger partial charge is 0.465 e. The maximum absolute atomic E-state index is 13.3. The number of aromatic nitrogens is 5. The van der Waals surface area contributed by atoms with Gasteiger partial charge in [-0.15, -0.1) is 0 Å². The molecular weight excluding hydrogens is 436 g/mol. The summed E-state index contributed by atoms with van der Waals surface area (Å²) in [6, 6.07) is 14.2. The van der Waals surface area contributed by atoms with Gasteiger partial charge < -0.3 is 9.47 Å². The van der Waals surface area contributed by atoms with Gasteiger partial charge >= 0.3 is 5.97 Å². The van der Waals surface area contributed by atoms with Gasteiger partial charge in [-0.3, -0.25) is 9.36 Å². The van der Waals surface area contributed by atoms with Crippen LogP contribution < -0.4 is 5.56 Å². The van der Waals surface area contributed by atoms with Crippen LogP contribution in [0.2, 0.25) is 0 Å². The van der Waals surface area contributed by atoms with Gasteiger partial charge in [-0.05, 0) is 29.8 Å². The zero-order valence-electron chi connectivity index (χ0n) is 18.5. The standard InChI is InChI=1S/C24H20N6O4/c1-33-12-11-29-14-25-21-19(23(29)31)20-22(28-18-6-4-3-5-17(18)27-20)30(21)26-13-15-7-9-16(10-8-15)24(32)34-2/h3-10,13-14H,11-12H2,1-2H3. The molecule has 3 heterocycles. The molecule has 0 aliphatic carbocycles. The van der Waals surface area contributed by atoms with Gasteiger partial charge in [0.1, 0.15) is 17.2 Å². The van der Waals surface area contributed by atoms with Gasteiger partial charge in [-0.1, -0.05) is 24.3 Å². The van der Waals surface area contributed by atoms with Crippen molar-refractivity contribution in [2.45, 2.75) is 6.54 Å². The minimum atomic E-state index is -0.415. The van der Waals surface area contributed by atoms with Crippen LogP contribution in [0.15, 0.2) is 64.8 Å². The van der Waals surface area contributed by atoms with E-state index < -0.39 is 5.97 Å². The third-order valence-electron chi connectivity index (χ3n) is 5.40. The number of methoxy groups -OCH3 is 2. The SMILES string of the molecule is COCCn1cnc2c(c1=O)c1nc3ccccc3nc1n2N=Cc1ccc(C(=O)OC)cc1. The first-order valence-corrected chi connectivity index (χ1v) is 10.5. The van der Waals surface area contributed by atoms with Crippen LogP contribution in [-0.2, 0) is 16.0 Å². The summed E-state index contributed by atoms with van der Waals surface area (Å²) in [5.41, 5.74) is 3.48. The van der Waals surface area contributed by atoms with Crippen molar-refractivity contribution in [2.75, 3.05) is 20.8 Å². The van der Waals surface area contributed by atoms with E-state index in [1.807, 2.05) is 24.3 Å². The molecule has 0 N–H and O–H groups in total. The molecule has 10 heteroatoms. The van der Waals surface area contributed by atoms with Crippen LogP contribution in [0.1, 0.15) is 15.9 Å². The van der Waals surface area contributed by atoms with E-state index >= 15 is 0 Å². The first kappa shape index (κ1) is 21.4. The highest BCUT2D eigenvalue weighted by atomic mass is 16.5. The van der Waals surface area contributed by atoms with Gasteiger partial charge in [0.25, 0.3) is 5.56 Å². The van der Waals surface area contributed by atoms with Crippen molar-refractivity contribution in [3.63, 3.8) is 0 Å². The van der Waals surface area contributed by atoms with Crippen molar-refractivity contribution in [1.29, 1.82) is 0 Å². The predicted octanol–water partition coefficient (Wildman–Crippen LogP) is 2.61. The zero-order chi connectivity index (χ0) is 23.7. The fourth-order valence-electron chi connectivity index (χ4n) is 3.66. The Morgan fingerprint density at radius 3 is 2.47 bits per heavy atom. The highest BCUT2D eigenvalue weighted by Gasteiger charge is 2.19. The van der Waals surface area contributed by atoms with Gasteiger partial charge in [0.2, 0.25) is 0 Å². The second-order valence-electron chi connectivity index (χ2n) is 7.49. The number of fused-ring (bicyclic) bond motifs is 4. The van der Waals surface area contributed by atoms with Gasteiger partial charge in [-0.2, -0.15) is 9.78 Å². The second-order valence-corrected chi connectivity index (χ2v) is 7.49. The zero-order valence-corrected chi connectivity index (χ0v) is 18.5. The maximum atomic E-state index is 13.3. The molecule has 5 aromatic rings. The van der Waals surface area contributed by atoms with Crippen molar-refractivity contribution in [2.24, 2.45) is 5.10 Å². The molecule has 0 bridgehead atoms. The molecule has 10 nitrogen and oxygen atoms in total. The number of carbonyl (C=O) groups excluding carboxylic acids is 1. The molecule has 34 heavy (non-hydrogen) atoms. The molecule has 0 aliphatic heterocycles. The average molecular weight is 456 g/mol. The number of carbonyl (C=O) groups is 1. The van der Waals surface area contributed by atoms with Gasteiger partial charge in [-0.25, -0.2) is 19.7 Å². The lowest BCUT2D eigenvalue weighted by atomic mass is 10.1. The van der Waals surface area contributed by atoms with Crippen LogP contribution in [-0.4, -0.2) is 57.2 Å². The van der Waals surface area contributed by atoms with Crippen LogP contribution in [0, 0.1) is 0 Å². The summed E-state index contributed by atoms with van der Waals surface area (Å²) < 4.78 is 12.8. The van der Waals surface area contributed by atoms with Gasteiger partial charge in [0, 0.05) is 7.11 Å². The van der Waals surface area contributed by atoms with Gasteiger partial charge in [0.05, 0.1) is 43.1 Å². The number of hydrogen-bond acceptors (Lipinski definition) is 8. The molecule has 0 radical (unpaired) electrons. The molecule has 0 saturated heterocycles. The Morgan fingerprint density at radius 2 is 1.76 bits per heavy atom. The highest BCUT2D eigenvalue weighted by molar-refractivity contribution is 6.04. The first-order chi connectivity index (χ1) is 16.6. The summed E-state index contributed by atoms with van der Waals surface area (Å²) in [6.07, 6.45) is 3.08. The van der Waals surface area contributed by atoms with Crippen molar-refractivity contribution in [3.8, 4) is 0 Å². The van der Waals surface area contributed by atoms with E-state index in [0.717, 1.165) is 5.56 Å². The minimum Gasteiger partial charge on any atom is -0.465 e. The number of esters is 1. The van der Waals surface area contributed by atoms with Crippen molar-refractivity contribution in [1.82, 2.24) is 24.2 Å². The lowest BCUT2D eigenvalue weighted by Crippen LogP contribution is -2.22. The molecule has 0 unspecified atom stereocenters. The third-order valence-corrected chi connectivity index (χ3v) is 5.40. The molecule has 0 saturated carbocycles. The summed E-state index contributed by atoms with van der Waals surface area (Å²) >= 11 is 0. The Labute approximate surface area is 193 Å². The summed E-state index contributed by atoms with van der Waals surface area (Å²) in [4.78, 5) is 38.9. The number of hydrogen-bond donors (Lipinski definition) is 0. The van der Waals surface area contributed by atoms with Crippen molar-refractivity contribution in [3.05, 3.63) is 76.3 Å². The van der Waals surface area contributed by atoms with Crippen LogP contribution in [0.25, 0.3) is 33.2 Å². The molecular formula is C24H20N6O4. The maximum Gasteiger partial charge on any atom is 0.337 e. The van der Waals surface area contributed by atoms with E-state index in [1.54, 1.807) is 37.6 Å². The van der Waals surface area contributed by atoms with E-state index in [1.165, 1.54) is 22.7 Å². The third kappa shape index (κ3) is 3.69. The molecule has 0 aliphatic rings. The van der Waals surface area contributed by atoms with Crippen LogP contribution in [0.5, 0.6) is 0 Å². The number of nitrogens with zero attached hydrogens (tertiary/aromatic N) is 6. The lowest BCUT2D eigenvalue weighted by Gasteiger charge is -2.04. The Bertz CT molecular complexity index is 1620. The predicted molar refractivity (Wildman–Crippen MR) is 127 cm³/mol. The smallest absolute Gasteiger partial charge is 0.337 e. The number of rotatable bonds is 6. The number of ether oxygens (including phenoxy) is 2. The Balaban J connectivity index is 1.70. The van der Waals surface area contributed by atoms with Crippen molar-refractivity contribution < 1.29 is 14.3 Å². The molecule has 5 rings (SSSR count). The number of para-hydroxylation sites is 2. The monoisotopic (exact) mass is 456 g/mol.